The van der Waals surface area contributed by atoms with Crippen molar-refractivity contribution in [3.63, 3.8) is 0 Å². The summed E-state index contributed by atoms with van der Waals surface area (Å²) < 4.78 is 0. The number of aryl methyl sites for hydroxylation is 4. The van der Waals surface area contributed by atoms with Crippen molar-refractivity contribution < 1.29 is 13.9 Å². The molecule has 0 aliphatic heterocycles. The fraction of sp³-hybridized carbons (Fsp3) is 0.357. The fourth-order valence-corrected chi connectivity index (χ4v) is 4.78. The fourth-order valence-electron chi connectivity index (χ4n) is 4.78. The maximum Gasteiger partial charge on any atom is 0.320 e. The van der Waals surface area contributed by atoms with E-state index >= 15 is 0 Å². The van der Waals surface area contributed by atoms with E-state index in [4.69, 9.17) is 5.73 Å². The summed E-state index contributed by atoms with van der Waals surface area (Å²) >= 11 is 0. The van der Waals surface area contributed by atoms with Gasteiger partial charge in [-0.2, -0.15) is 0 Å². The first-order valence-corrected chi connectivity index (χ1v) is 12.5. The van der Waals surface area contributed by atoms with E-state index < -0.39 is 6.03 Å². The van der Waals surface area contributed by atoms with Gasteiger partial charge in [-0.15, -0.1) is 0 Å². The summed E-state index contributed by atoms with van der Waals surface area (Å²) in [5.41, 5.74) is 15.1. The lowest BCUT2D eigenvalue weighted by Gasteiger charge is -2.14. The number of aromatic nitrogens is 2. The molecule has 0 spiro atoms. The van der Waals surface area contributed by atoms with Gasteiger partial charge in [-0.3, -0.25) is 10.3 Å². The second kappa shape index (κ2) is 11.7. The van der Waals surface area contributed by atoms with Crippen molar-refractivity contribution >= 4 is 23.6 Å². The molecule has 0 fully saturated rings. The summed E-state index contributed by atoms with van der Waals surface area (Å²) in [6.45, 7) is 4.48. The van der Waals surface area contributed by atoms with E-state index in [0.717, 1.165) is 43.5 Å². The van der Waals surface area contributed by atoms with Gasteiger partial charge in [0.15, 0.2) is 5.82 Å². The number of hydrogen-bond donors (Lipinski definition) is 4. The molecule has 0 radical (unpaired) electrons. The second-order valence-corrected chi connectivity index (χ2v) is 9.38. The Balaban J connectivity index is 0.000000368. The van der Waals surface area contributed by atoms with Crippen molar-refractivity contribution in [2.24, 2.45) is 5.73 Å². The number of anilines is 2. The number of carbonyl (C=O) groups excluding carboxylic acids is 2. The Morgan fingerprint density at radius 3 is 2.17 bits per heavy atom. The minimum absolute atomic E-state index is 0. The molecular formula is C28H40N6O2. The topological polar surface area (TPSA) is 122 Å². The lowest BCUT2D eigenvalue weighted by atomic mass is 9.99. The Bertz CT molecular complexity index is 1210. The number of nitrogens with two attached hydrogens (primary N) is 1. The predicted molar refractivity (Wildman–Crippen MR) is 149 cm³/mol. The summed E-state index contributed by atoms with van der Waals surface area (Å²) in [5, 5.41) is 8.28. The SMILES string of the molecule is Cc1ccc(CCNC(=O)Nc2cnc(C)cn2)cc1.NC(=O)Nc1c2c(cc3c1CCC3)CCC2.[HH].[HH].[HH]. The third kappa shape index (κ3) is 6.59. The number of fused-ring (bicyclic) bond motifs is 2. The van der Waals surface area contributed by atoms with Crippen LogP contribution in [0.4, 0.5) is 21.1 Å². The molecular weight excluding hydrogens is 452 g/mol. The van der Waals surface area contributed by atoms with Crippen molar-refractivity contribution in [3.05, 3.63) is 81.8 Å². The monoisotopic (exact) mass is 492 g/mol. The van der Waals surface area contributed by atoms with Crippen LogP contribution < -0.4 is 21.7 Å². The average Bonchev–Trinajstić information content (AvgIpc) is 3.52. The average molecular weight is 493 g/mol. The first-order chi connectivity index (χ1) is 17.4. The molecule has 5 rings (SSSR count). The van der Waals surface area contributed by atoms with Gasteiger partial charge in [0.05, 0.1) is 18.1 Å². The minimum Gasteiger partial charge on any atom is -0.351 e. The summed E-state index contributed by atoms with van der Waals surface area (Å²) in [5.74, 6) is 0.448. The van der Waals surface area contributed by atoms with Gasteiger partial charge in [0.2, 0.25) is 0 Å². The van der Waals surface area contributed by atoms with E-state index in [1.165, 1.54) is 52.4 Å². The Labute approximate surface area is 216 Å². The van der Waals surface area contributed by atoms with Crippen LogP contribution in [0.25, 0.3) is 0 Å². The van der Waals surface area contributed by atoms with Crippen LogP contribution in [0.2, 0.25) is 0 Å². The lowest BCUT2D eigenvalue weighted by molar-refractivity contribution is 0.252. The highest BCUT2D eigenvalue weighted by atomic mass is 16.2. The van der Waals surface area contributed by atoms with E-state index in [0.29, 0.717) is 12.4 Å². The van der Waals surface area contributed by atoms with Crippen LogP contribution in [0, 0.1) is 13.8 Å². The number of rotatable bonds is 5. The number of carbonyl (C=O) groups is 2. The van der Waals surface area contributed by atoms with E-state index in [2.05, 4.69) is 63.2 Å². The quantitative estimate of drug-likeness (QED) is 0.383. The van der Waals surface area contributed by atoms with Crippen LogP contribution in [0.5, 0.6) is 0 Å². The molecule has 1 heterocycles. The number of hydrogen-bond acceptors (Lipinski definition) is 4. The van der Waals surface area contributed by atoms with Crippen LogP contribution in [0.15, 0.2) is 42.7 Å². The zero-order valence-electron chi connectivity index (χ0n) is 21.0. The van der Waals surface area contributed by atoms with Crippen LogP contribution in [0.1, 0.15) is 56.2 Å². The molecule has 0 bridgehead atoms. The highest BCUT2D eigenvalue weighted by molar-refractivity contribution is 5.91. The van der Waals surface area contributed by atoms with Crippen LogP contribution in [-0.4, -0.2) is 28.6 Å². The molecule has 4 amide bonds. The zero-order valence-corrected chi connectivity index (χ0v) is 21.0. The molecule has 8 nitrogen and oxygen atoms in total. The number of nitrogens with one attached hydrogen (secondary N) is 3. The Kier molecular flexibility index (Phi) is 8.15. The minimum atomic E-state index is -0.436. The molecule has 36 heavy (non-hydrogen) atoms. The summed E-state index contributed by atoms with van der Waals surface area (Å²) in [6.07, 6.45) is 10.8. The predicted octanol–water partition coefficient (Wildman–Crippen LogP) is 5.35. The molecule has 194 valence electrons. The number of primary amides is 1. The van der Waals surface area contributed by atoms with Crippen LogP contribution in [-0.2, 0) is 32.1 Å². The third-order valence-corrected chi connectivity index (χ3v) is 6.56. The summed E-state index contributed by atoms with van der Waals surface area (Å²) in [4.78, 5) is 30.9. The summed E-state index contributed by atoms with van der Waals surface area (Å²) in [7, 11) is 0. The first kappa shape index (κ1) is 25.2. The lowest BCUT2D eigenvalue weighted by Crippen LogP contribution is -2.30. The van der Waals surface area contributed by atoms with Gasteiger partial charge in [0, 0.05) is 16.5 Å². The van der Waals surface area contributed by atoms with Crippen molar-refractivity contribution in [1.29, 1.82) is 0 Å². The van der Waals surface area contributed by atoms with Crippen molar-refractivity contribution in [3.8, 4) is 0 Å². The highest BCUT2D eigenvalue weighted by Gasteiger charge is 2.24. The van der Waals surface area contributed by atoms with Crippen LogP contribution in [0.3, 0.4) is 0 Å². The molecule has 0 saturated heterocycles. The van der Waals surface area contributed by atoms with Gasteiger partial charge in [-0.1, -0.05) is 35.9 Å². The van der Waals surface area contributed by atoms with Crippen molar-refractivity contribution in [1.82, 2.24) is 15.3 Å². The van der Waals surface area contributed by atoms with Gasteiger partial charge >= 0.3 is 12.1 Å². The first-order valence-electron chi connectivity index (χ1n) is 12.5. The van der Waals surface area contributed by atoms with Crippen LogP contribution >= 0.6 is 0 Å². The largest absolute Gasteiger partial charge is 0.351 e. The smallest absolute Gasteiger partial charge is 0.320 e. The molecule has 0 saturated carbocycles. The Hall–Kier alpha value is -3.94. The second-order valence-electron chi connectivity index (χ2n) is 9.38. The zero-order chi connectivity index (χ0) is 25.5. The van der Waals surface area contributed by atoms with Crippen molar-refractivity contribution in [2.75, 3.05) is 17.2 Å². The standard InChI is InChI=1S/C15H18N4O.C13H16N2O.3H2/c1-11-3-5-13(6-4-11)7-8-16-15(20)19-14-10-17-12(2)9-18-14;14-13(16)15-12-10-5-1-3-8(10)7-9-4-2-6-11(9)12;;;/h3-6,9-10H,7-8H2,1-2H3,(H2,16,18,19,20);7H,1-6H2,(H3,14,15,16);3*1H. The van der Waals surface area contributed by atoms with E-state index in [9.17, 15) is 9.59 Å². The maximum atomic E-state index is 11.7. The number of urea groups is 2. The number of benzene rings is 2. The van der Waals surface area contributed by atoms with Gasteiger partial charge in [0.1, 0.15) is 0 Å². The van der Waals surface area contributed by atoms with Gasteiger partial charge < -0.3 is 16.4 Å². The van der Waals surface area contributed by atoms with E-state index in [-0.39, 0.29) is 10.3 Å². The molecule has 2 aliphatic carbocycles. The summed E-state index contributed by atoms with van der Waals surface area (Å²) in [6, 6.07) is 9.91. The highest BCUT2D eigenvalue weighted by Crippen LogP contribution is 2.38. The Morgan fingerprint density at radius 1 is 0.917 bits per heavy atom. The molecule has 1 aromatic heterocycles. The molecule has 0 atom stereocenters. The maximum absolute atomic E-state index is 11.7. The molecule has 5 N–H and O–H groups in total. The molecule has 2 aromatic carbocycles. The van der Waals surface area contributed by atoms with Gasteiger partial charge in [0.25, 0.3) is 0 Å². The molecule has 8 heteroatoms. The number of amides is 4. The van der Waals surface area contributed by atoms with E-state index in [1.54, 1.807) is 6.20 Å². The van der Waals surface area contributed by atoms with Gasteiger partial charge in [-0.05, 0) is 86.6 Å². The number of nitrogens with zero attached hydrogens (tertiary/aromatic N) is 2. The molecule has 3 aromatic rings. The third-order valence-electron chi connectivity index (χ3n) is 6.56. The molecule has 2 aliphatic rings. The van der Waals surface area contributed by atoms with E-state index in [1.807, 2.05) is 6.92 Å². The van der Waals surface area contributed by atoms with Gasteiger partial charge in [-0.25, -0.2) is 14.6 Å². The Morgan fingerprint density at radius 2 is 1.58 bits per heavy atom. The molecule has 0 unspecified atom stereocenters. The normalized spacial score (nSPS) is 13.2. The van der Waals surface area contributed by atoms with Crippen molar-refractivity contribution in [2.45, 2.75) is 58.8 Å².